The lowest BCUT2D eigenvalue weighted by Gasteiger charge is -2.23. The van der Waals surface area contributed by atoms with Crippen LogP contribution in [0.2, 0.25) is 0 Å². The van der Waals surface area contributed by atoms with Gasteiger partial charge in [-0.1, -0.05) is 6.58 Å². The summed E-state index contributed by atoms with van der Waals surface area (Å²) in [6.07, 6.45) is 0.722. The number of hydrogen-bond donors (Lipinski definition) is 4. The van der Waals surface area contributed by atoms with Gasteiger partial charge in [-0.15, -0.1) is 0 Å². The van der Waals surface area contributed by atoms with Crippen molar-refractivity contribution in [2.75, 3.05) is 47.5 Å². The van der Waals surface area contributed by atoms with E-state index in [9.17, 15) is 4.57 Å². The van der Waals surface area contributed by atoms with E-state index in [2.05, 4.69) is 11.1 Å². The first-order chi connectivity index (χ1) is 8.89. The zero-order valence-electron chi connectivity index (χ0n) is 11.9. The van der Waals surface area contributed by atoms with Crippen molar-refractivity contribution < 1.29 is 43.5 Å². The highest BCUT2D eigenvalue weighted by molar-refractivity contribution is 7.46. The van der Waals surface area contributed by atoms with E-state index < -0.39 is 13.8 Å². The van der Waals surface area contributed by atoms with Gasteiger partial charge in [0, 0.05) is 0 Å². The Morgan fingerprint density at radius 3 is 1.80 bits per heavy atom. The Morgan fingerprint density at radius 2 is 1.65 bits per heavy atom. The molecule has 0 aromatic carbocycles. The average Bonchev–Trinajstić information content (AvgIpc) is 2.26. The van der Waals surface area contributed by atoms with Crippen molar-refractivity contribution in [3.8, 4) is 0 Å². The molecule has 0 aromatic rings. The van der Waals surface area contributed by atoms with Gasteiger partial charge < -0.3 is 34.4 Å². The first kappa shape index (κ1) is 24.2. The number of carbonyl (C=O) groups excluding carboxylic acids is 1. The summed E-state index contributed by atoms with van der Waals surface area (Å²) >= 11 is 0. The van der Waals surface area contributed by atoms with Crippen molar-refractivity contribution >= 4 is 13.8 Å². The summed E-state index contributed by atoms with van der Waals surface area (Å²) in [7, 11) is 1.50. The van der Waals surface area contributed by atoms with Crippen LogP contribution in [0.1, 0.15) is 0 Å². The van der Waals surface area contributed by atoms with Gasteiger partial charge in [-0.05, 0) is 6.08 Å². The van der Waals surface area contributed by atoms with Crippen LogP contribution in [0.5, 0.6) is 0 Å². The highest BCUT2D eigenvalue weighted by Gasteiger charge is 2.15. The monoisotopic (exact) mass is 317 g/mol. The molecule has 0 unspecified atom stereocenters. The van der Waals surface area contributed by atoms with Gasteiger partial charge in [0.05, 0.1) is 40.3 Å². The third kappa shape index (κ3) is 43.4. The fourth-order valence-corrected chi connectivity index (χ4v) is 0.753. The SMILES string of the molecule is C=CC(=O)[O-].C[N+](C)(C)CCOP(=O)(O)O.OCCO. The predicted molar refractivity (Wildman–Crippen MR) is 70.3 cm³/mol. The van der Waals surface area contributed by atoms with E-state index >= 15 is 0 Å². The maximum Gasteiger partial charge on any atom is 0.469 e. The molecule has 10 heteroatoms. The maximum atomic E-state index is 10.2. The Morgan fingerprint density at radius 1 is 1.30 bits per heavy atom. The summed E-state index contributed by atoms with van der Waals surface area (Å²) in [5, 5.41) is 24.4. The van der Waals surface area contributed by atoms with Crippen LogP contribution < -0.4 is 5.11 Å². The summed E-state index contributed by atoms with van der Waals surface area (Å²) in [5.74, 6) is -1.23. The van der Waals surface area contributed by atoms with Crippen LogP contribution in [0.4, 0.5) is 0 Å². The summed E-state index contributed by atoms with van der Waals surface area (Å²) < 4.78 is 15.1. The second kappa shape index (κ2) is 13.2. The third-order valence-electron chi connectivity index (χ3n) is 1.29. The second-order valence-electron chi connectivity index (χ2n) is 4.31. The van der Waals surface area contributed by atoms with Crippen LogP contribution in [-0.4, -0.2) is 78.0 Å². The standard InChI is InChI=1S/C5H14NO4P.C3H4O2.C2H6O2/c1-6(2,3)4-5-10-11(7,8)9;1-2-3(4)5;3-1-2-4/h4-5H2,1-3H3,(H-,7,8,9);2H,1H2,(H,4,5);3-4H,1-2H2. The van der Waals surface area contributed by atoms with Crippen LogP contribution in [0.25, 0.3) is 0 Å². The van der Waals surface area contributed by atoms with E-state index in [1.54, 1.807) is 0 Å². The second-order valence-corrected chi connectivity index (χ2v) is 5.55. The number of rotatable bonds is 6. The number of likely N-dealkylation sites (N-methyl/N-ethyl adjacent to an activating group) is 1. The molecule has 0 radical (unpaired) electrons. The molecule has 9 nitrogen and oxygen atoms in total. The van der Waals surface area contributed by atoms with Gasteiger partial charge in [0.15, 0.2) is 0 Å². The number of aliphatic hydroxyl groups is 2. The highest BCUT2D eigenvalue weighted by atomic mass is 31.2. The van der Waals surface area contributed by atoms with Crippen molar-refractivity contribution in [1.29, 1.82) is 0 Å². The minimum Gasteiger partial charge on any atom is -0.545 e. The van der Waals surface area contributed by atoms with Gasteiger partial charge in [0.1, 0.15) is 13.2 Å². The van der Waals surface area contributed by atoms with E-state index in [1.807, 2.05) is 21.1 Å². The van der Waals surface area contributed by atoms with Crippen LogP contribution in [0.3, 0.4) is 0 Å². The number of quaternary nitrogens is 1. The molecule has 0 aromatic heterocycles. The number of phosphoric acid groups is 1. The minimum absolute atomic E-state index is 0.0772. The lowest BCUT2D eigenvalue weighted by atomic mass is 10.5. The Kier molecular flexibility index (Phi) is 16.0. The molecule has 0 heterocycles. The van der Waals surface area contributed by atoms with Crippen LogP contribution in [0, 0.1) is 0 Å². The van der Waals surface area contributed by atoms with E-state index in [0.29, 0.717) is 11.0 Å². The molecule has 0 aliphatic rings. The van der Waals surface area contributed by atoms with E-state index in [-0.39, 0.29) is 19.8 Å². The molecule has 4 N–H and O–H groups in total. The topological polar surface area (TPSA) is 147 Å². The normalized spacial score (nSPS) is 10.6. The number of carbonyl (C=O) groups is 1. The highest BCUT2D eigenvalue weighted by Crippen LogP contribution is 2.35. The average molecular weight is 317 g/mol. The quantitative estimate of drug-likeness (QED) is 0.243. The van der Waals surface area contributed by atoms with E-state index in [0.717, 1.165) is 6.08 Å². The van der Waals surface area contributed by atoms with Crippen molar-refractivity contribution in [3.63, 3.8) is 0 Å². The van der Waals surface area contributed by atoms with Crippen molar-refractivity contribution in [3.05, 3.63) is 12.7 Å². The Labute approximate surface area is 118 Å². The van der Waals surface area contributed by atoms with Crippen molar-refractivity contribution in [2.45, 2.75) is 0 Å². The smallest absolute Gasteiger partial charge is 0.469 e. The number of hydrogen-bond acceptors (Lipinski definition) is 6. The molecule has 0 fully saturated rings. The molecule has 0 spiro atoms. The van der Waals surface area contributed by atoms with Crippen LogP contribution >= 0.6 is 7.82 Å². The Bertz CT molecular complexity index is 294. The third-order valence-corrected chi connectivity index (χ3v) is 1.81. The molecule has 20 heavy (non-hydrogen) atoms. The van der Waals surface area contributed by atoms with Crippen molar-refractivity contribution in [1.82, 2.24) is 0 Å². The van der Waals surface area contributed by atoms with Crippen LogP contribution in [0.15, 0.2) is 12.7 Å². The van der Waals surface area contributed by atoms with Crippen molar-refractivity contribution in [2.24, 2.45) is 0 Å². The first-order valence-electron chi connectivity index (χ1n) is 5.45. The summed E-state index contributed by atoms with van der Waals surface area (Å²) in [6.45, 7) is 3.30. The summed E-state index contributed by atoms with van der Waals surface area (Å²) in [5.41, 5.74) is 0. The van der Waals surface area contributed by atoms with Gasteiger partial charge in [0.25, 0.3) is 0 Å². The zero-order chi connectivity index (χ0) is 16.8. The van der Waals surface area contributed by atoms with Gasteiger partial charge in [-0.3, -0.25) is 4.52 Å². The number of carboxylic acids is 1. The van der Waals surface area contributed by atoms with Crippen LogP contribution in [-0.2, 0) is 13.9 Å². The van der Waals surface area contributed by atoms with Gasteiger partial charge in [-0.25, -0.2) is 4.57 Å². The largest absolute Gasteiger partial charge is 0.545 e. The fraction of sp³-hybridized carbons (Fsp3) is 0.700. The number of aliphatic hydroxyl groups excluding tert-OH is 2. The summed E-state index contributed by atoms with van der Waals surface area (Å²) in [6, 6.07) is 0. The molecule has 0 bridgehead atoms. The fourth-order valence-electron chi connectivity index (χ4n) is 0.434. The maximum absolute atomic E-state index is 10.2. The number of nitrogens with zero attached hydrogens (tertiary/aromatic N) is 1. The minimum atomic E-state index is -4.26. The van der Waals surface area contributed by atoms with Gasteiger partial charge >= 0.3 is 7.82 Å². The van der Waals surface area contributed by atoms with E-state index in [4.69, 9.17) is 29.9 Å². The number of phosphoric ester groups is 1. The molecule has 122 valence electrons. The molecule has 0 atom stereocenters. The predicted octanol–water partition coefficient (Wildman–Crippen LogP) is -2.30. The molecule has 0 saturated heterocycles. The lowest BCUT2D eigenvalue weighted by Crippen LogP contribution is -2.37. The molecule has 0 rings (SSSR count). The number of aliphatic carboxylic acids is 1. The molecule has 0 amide bonds. The molecule has 0 aliphatic heterocycles. The molecule has 0 aliphatic carbocycles. The molecular formula is C10H24NO8P. The van der Waals surface area contributed by atoms with E-state index in [1.165, 1.54) is 0 Å². The van der Waals surface area contributed by atoms with Gasteiger partial charge in [-0.2, -0.15) is 0 Å². The molecular weight excluding hydrogens is 293 g/mol. The Hall–Kier alpha value is -0.800. The Balaban J connectivity index is -0.000000266. The summed E-state index contributed by atoms with van der Waals surface area (Å²) in [4.78, 5) is 25.7. The lowest BCUT2D eigenvalue weighted by molar-refractivity contribution is -0.870. The first-order valence-corrected chi connectivity index (χ1v) is 6.98. The van der Waals surface area contributed by atoms with Gasteiger partial charge in [0.2, 0.25) is 0 Å². The zero-order valence-corrected chi connectivity index (χ0v) is 12.8. The number of carboxylic acid groups (broad SMARTS) is 1. The molecule has 0 saturated carbocycles.